The van der Waals surface area contributed by atoms with E-state index in [9.17, 15) is 9.59 Å². The zero-order valence-corrected chi connectivity index (χ0v) is 10.2. The van der Waals surface area contributed by atoms with E-state index in [-0.39, 0.29) is 6.09 Å². The number of carbonyl (C=O) groups excluding carboxylic acids is 2. The van der Waals surface area contributed by atoms with E-state index in [0.717, 1.165) is 18.3 Å². The molecule has 1 rings (SSSR count). The van der Waals surface area contributed by atoms with E-state index in [1.807, 2.05) is 26.8 Å². The van der Waals surface area contributed by atoms with E-state index in [4.69, 9.17) is 4.74 Å². The molecule has 0 spiro atoms. The standard InChI is InChI=1S/C12H19NO3/c1-12(2,3)16-11(15)13-7-4-5-10(9-13)6-8-14/h5,8H,4,6-7,9H2,1-3H3. The first-order valence-corrected chi connectivity index (χ1v) is 5.52. The number of carbonyl (C=O) groups is 2. The topological polar surface area (TPSA) is 46.6 Å². The van der Waals surface area contributed by atoms with Crippen molar-refractivity contribution in [3.8, 4) is 0 Å². The van der Waals surface area contributed by atoms with Gasteiger partial charge in [-0.3, -0.25) is 0 Å². The van der Waals surface area contributed by atoms with Crippen molar-refractivity contribution >= 4 is 12.4 Å². The van der Waals surface area contributed by atoms with Crippen molar-refractivity contribution in [1.29, 1.82) is 0 Å². The van der Waals surface area contributed by atoms with E-state index >= 15 is 0 Å². The van der Waals surface area contributed by atoms with Gasteiger partial charge < -0.3 is 14.4 Å². The van der Waals surface area contributed by atoms with Crippen LogP contribution in [-0.4, -0.2) is 36.0 Å². The van der Waals surface area contributed by atoms with Gasteiger partial charge in [-0.1, -0.05) is 6.08 Å². The second-order valence-corrected chi connectivity index (χ2v) is 4.92. The lowest BCUT2D eigenvalue weighted by Crippen LogP contribution is -2.40. The maximum absolute atomic E-state index is 11.8. The number of rotatable bonds is 2. The van der Waals surface area contributed by atoms with Crippen LogP contribution in [0.3, 0.4) is 0 Å². The lowest BCUT2D eigenvalue weighted by atomic mass is 10.1. The van der Waals surface area contributed by atoms with Crippen LogP contribution < -0.4 is 0 Å². The molecule has 0 saturated heterocycles. The predicted molar refractivity (Wildman–Crippen MR) is 61.2 cm³/mol. The van der Waals surface area contributed by atoms with Crippen molar-refractivity contribution in [2.45, 2.75) is 39.2 Å². The van der Waals surface area contributed by atoms with Gasteiger partial charge in [0.25, 0.3) is 0 Å². The van der Waals surface area contributed by atoms with Gasteiger partial charge in [-0.2, -0.15) is 0 Å². The number of hydrogen-bond acceptors (Lipinski definition) is 3. The van der Waals surface area contributed by atoms with Gasteiger partial charge in [0.1, 0.15) is 11.9 Å². The van der Waals surface area contributed by atoms with Gasteiger partial charge in [-0.15, -0.1) is 0 Å². The summed E-state index contributed by atoms with van der Waals surface area (Å²) in [5, 5.41) is 0. The molecule has 0 radical (unpaired) electrons. The van der Waals surface area contributed by atoms with Gasteiger partial charge in [0.15, 0.2) is 0 Å². The Balaban J connectivity index is 2.53. The summed E-state index contributed by atoms with van der Waals surface area (Å²) >= 11 is 0. The highest BCUT2D eigenvalue weighted by molar-refractivity contribution is 5.69. The fourth-order valence-electron chi connectivity index (χ4n) is 1.55. The molecule has 1 heterocycles. The van der Waals surface area contributed by atoms with Gasteiger partial charge >= 0.3 is 6.09 Å². The van der Waals surface area contributed by atoms with Crippen molar-refractivity contribution in [1.82, 2.24) is 4.90 Å². The van der Waals surface area contributed by atoms with E-state index in [2.05, 4.69) is 0 Å². The first-order chi connectivity index (χ1) is 7.42. The molecular formula is C12H19NO3. The number of ether oxygens (including phenoxy) is 1. The Morgan fingerprint density at radius 2 is 2.25 bits per heavy atom. The van der Waals surface area contributed by atoms with Crippen LogP contribution in [0.4, 0.5) is 4.79 Å². The van der Waals surface area contributed by atoms with Crippen LogP contribution in [0.15, 0.2) is 11.6 Å². The molecule has 1 amide bonds. The van der Waals surface area contributed by atoms with Crippen LogP contribution in [0.1, 0.15) is 33.6 Å². The fourth-order valence-corrected chi connectivity index (χ4v) is 1.55. The number of amides is 1. The molecule has 1 aliphatic heterocycles. The van der Waals surface area contributed by atoms with Crippen LogP contribution in [0.5, 0.6) is 0 Å². The first kappa shape index (κ1) is 12.7. The number of hydrogen-bond donors (Lipinski definition) is 0. The molecule has 4 nitrogen and oxygen atoms in total. The van der Waals surface area contributed by atoms with E-state index < -0.39 is 5.60 Å². The fraction of sp³-hybridized carbons (Fsp3) is 0.667. The average Bonchev–Trinajstić information content (AvgIpc) is 2.16. The zero-order valence-electron chi connectivity index (χ0n) is 10.2. The van der Waals surface area contributed by atoms with Crippen LogP contribution in [0.25, 0.3) is 0 Å². The summed E-state index contributed by atoms with van der Waals surface area (Å²) in [6.45, 7) is 6.70. The van der Waals surface area contributed by atoms with Crippen LogP contribution >= 0.6 is 0 Å². The zero-order chi connectivity index (χ0) is 12.2. The summed E-state index contributed by atoms with van der Waals surface area (Å²) < 4.78 is 5.28. The highest BCUT2D eigenvalue weighted by Crippen LogP contribution is 2.16. The Morgan fingerprint density at radius 3 is 2.81 bits per heavy atom. The van der Waals surface area contributed by atoms with Gasteiger partial charge in [0.2, 0.25) is 0 Å². The molecule has 0 aromatic carbocycles. The second-order valence-electron chi connectivity index (χ2n) is 4.92. The molecule has 16 heavy (non-hydrogen) atoms. The largest absolute Gasteiger partial charge is 0.444 e. The summed E-state index contributed by atoms with van der Waals surface area (Å²) in [5.41, 5.74) is 0.524. The Kier molecular flexibility index (Phi) is 4.10. The molecule has 0 saturated carbocycles. The number of aldehydes is 1. The molecular weight excluding hydrogens is 206 g/mol. The van der Waals surface area contributed by atoms with Gasteiger partial charge in [-0.25, -0.2) is 4.79 Å². The summed E-state index contributed by atoms with van der Waals surface area (Å²) in [4.78, 5) is 23.8. The Hall–Kier alpha value is -1.32. The molecule has 0 unspecified atom stereocenters. The summed E-state index contributed by atoms with van der Waals surface area (Å²) in [6, 6.07) is 0. The molecule has 0 atom stereocenters. The molecule has 0 aliphatic carbocycles. The third-order valence-corrected chi connectivity index (χ3v) is 2.22. The minimum absolute atomic E-state index is 0.302. The van der Waals surface area contributed by atoms with E-state index in [1.165, 1.54) is 0 Å². The minimum Gasteiger partial charge on any atom is -0.444 e. The Labute approximate surface area is 96.3 Å². The van der Waals surface area contributed by atoms with Crippen molar-refractivity contribution in [3.63, 3.8) is 0 Å². The lowest BCUT2D eigenvalue weighted by Gasteiger charge is -2.29. The average molecular weight is 225 g/mol. The van der Waals surface area contributed by atoms with Crippen molar-refractivity contribution < 1.29 is 14.3 Å². The van der Waals surface area contributed by atoms with Gasteiger partial charge in [0, 0.05) is 19.5 Å². The molecule has 90 valence electrons. The van der Waals surface area contributed by atoms with E-state index in [1.54, 1.807) is 4.90 Å². The van der Waals surface area contributed by atoms with Crippen LogP contribution in [0, 0.1) is 0 Å². The van der Waals surface area contributed by atoms with E-state index in [0.29, 0.717) is 19.5 Å². The van der Waals surface area contributed by atoms with Crippen molar-refractivity contribution in [3.05, 3.63) is 11.6 Å². The SMILES string of the molecule is CC(C)(C)OC(=O)N1CCC=C(CC=O)C1. The second kappa shape index (κ2) is 5.14. The molecule has 0 aromatic rings. The van der Waals surface area contributed by atoms with Crippen LogP contribution in [0.2, 0.25) is 0 Å². The third kappa shape index (κ3) is 4.04. The normalized spacial score (nSPS) is 16.7. The Morgan fingerprint density at radius 1 is 1.56 bits per heavy atom. The first-order valence-electron chi connectivity index (χ1n) is 5.52. The Bertz CT molecular complexity index is 302. The molecule has 0 fully saturated rings. The molecule has 1 aliphatic rings. The highest BCUT2D eigenvalue weighted by Gasteiger charge is 2.23. The monoisotopic (exact) mass is 225 g/mol. The molecule has 0 N–H and O–H groups in total. The van der Waals surface area contributed by atoms with Crippen molar-refractivity contribution in [2.24, 2.45) is 0 Å². The molecule has 0 bridgehead atoms. The maximum Gasteiger partial charge on any atom is 0.410 e. The highest BCUT2D eigenvalue weighted by atomic mass is 16.6. The summed E-state index contributed by atoms with van der Waals surface area (Å²) in [6.07, 6.45) is 3.78. The smallest absolute Gasteiger partial charge is 0.410 e. The third-order valence-electron chi connectivity index (χ3n) is 2.22. The van der Waals surface area contributed by atoms with Gasteiger partial charge in [0.05, 0.1) is 0 Å². The quantitative estimate of drug-likeness (QED) is 0.534. The molecule has 4 heteroatoms. The van der Waals surface area contributed by atoms with Gasteiger partial charge in [-0.05, 0) is 32.8 Å². The maximum atomic E-state index is 11.8. The number of nitrogens with zero attached hydrogens (tertiary/aromatic N) is 1. The minimum atomic E-state index is -0.469. The van der Waals surface area contributed by atoms with Crippen LogP contribution in [-0.2, 0) is 9.53 Å². The molecule has 0 aromatic heterocycles. The summed E-state index contributed by atoms with van der Waals surface area (Å²) in [7, 11) is 0. The van der Waals surface area contributed by atoms with Crippen molar-refractivity contribution in [2.75, 3.05) is 13.1 Å². The summed E-state index contributed by atoms with van der Waals surface area (Å²) in [5.74, 6) is 0. The predicted octanol–water partition coefficient (Wildman–Crippen LogP) is 2.14. The lowest BCUT2D eigenvalue weighted by molar-refractivity contribution is -0.107.